The second kappa shape index (κ2) is 66.4. The van der Waals surface area contributed by atoms with Crippen LogP contribution in [-0.2, 0) is 14.3 Å². The number of ether oxygens (including phenoxy) is 2. The summed E-state index contributed by atoms with van der Waals surface area (Å²) in [5, 5.41) is 76.6. The van der Waals surface area contributed by atoms with E-state index in [9.17, 15) is 40.5 Å². The molecule has 1 saturated heterocycles. The SMILES string of the molecule is CCCCCCCCCCCCC/C=C/CC/C=C/CC/C=C/CCCC(O)C(O)C(COC1OC(CO)C(O)C(O)C1O)NC(=O)C(O)CCCCCCCCCCCCCCCCCCCCCCCCCCCCCCCCCCCCCCCC. The van der Waals surface area contributed by atoms with E-state index in [1.165, 1.54) is 295 Å². The van der Waals surface area contributed by atoms with Crippen LogP contribution in [0.5, 0.6) is 0 Å². The average Bonchev–Trinajstić information content (AvgIpc) is 1.72. The van der Waals surface area contributed by atoms with Gasteiger partial charge in [0.25, 0.3) is 0 Å². The van der Waals surface area contributed by atoms with Crippen LogP contribution in [0.3, 0.4) is 0 Å². The summed E-state index contributed by atoms with van der Waals surface area (Å²) in [4.78, 5) is 13.3. The lowest BCUT2D eigenvalue weighted by Crippen LogP contribution is -2.60. The van der Waals surface area contributed by atoms with Gasteiger partial charge in [-0.2, -0.15) is 0 Å². The van der Waals surface area contributed by atoms with E-state index in [2.05, 4.69) is 55.6 Å². The number of allylic oxidation sites excluding steroid dienone is 6. The summed E-state index contributed by atoms with van der Waals surface area (Å²) in [7, 11) is 0. The van der Waals surface area contributed by atoms with Gasteiger partial charge in [0.1, 0.15) is 36.6 Å². The van der Waals surface area contributed by atoms with Gasteiger partial charge < -0.3 is 50.5 Å². The molecule has 1 amide bonds. The Morgan fingerprint density at radius 3 is 1.00 bits per heavy atom. The molecule has 0 radical (unpaired) electrons. The highest BCUT2D eigenvalue weighted by atomic mass is 16.7. The Morgan fingerprint density at radius 1 is 0.382 bits per heavy atom. The number of carbonyl (C=O) groups is 1. The second-order valence-electron chi connectivity index (χ2n) is 27.4. The van der Waals surface area contributed by atoms with E-state index in [4.69, 9.17) is 9.47 Å². The first-order valence-electron chi connectivity index (χ1n) is 38.9. The number of unbranched alkanes of at least 4 members (excludes halogenated alkanes) is 51. The summed E-state index contributed by atoms with van der Waals surface area (Å²) in [6.45, 7) is 3.49. The molecule has 526 valence electrons. The first kappa shape index (κ1) is 85.3. The van der Waals surface area contributed by atoms with Crippen LogP contribution >= 0.6 is 0 Å². The van der Waals surface area contributed by atoms with Gasteiger partial charge in [0.15, 0.2) is 6.29 Å². The minimum Gasteiger partial charge on any atom is -0.394 e. The molecular weight excluding hydrogens is 1110 g/mol. The molecule has 1 aliphatic rings. The molecule has 11 heteroatoms. The third-order valence-corrected chi connectivity index (χ3v) is 18.9. The van der Waals surface area contributed by atoms with Gasteiger partial charge in [0.05, 0.1) is 25.4 Å². The van der Waals surface area contributed by atoms with Gasteiger partial charge in [-0.05, 0) is 64.2 Å². The summed E-state index contributed by atoms with van der Waals surface area (Å²) in [6, 6.07) is -1.20. The number of nitrogens with one attached hydrogen (secondary N) is 1. The average molecular weight is 1260 g/mol. The fourth-order valence-corrected chi connectivity index (χ4v) is 12.7. The van der Waals surface area contributed by atoms with E-state index >= 15 is 0 Å². The van der Waals surface area contributed by atoms with Crippen LogP contribution in [0.2, 0.25) is 0 Å². The second-order valence-corrected chi connectivity index (χ2v) is 27.4. The zero-order chi connectivity index (χ0) is 64.6. The molecule has 0 aromatic heterocycles. The molecule has 8 N–H and O–H groups in total. The minimum absolute atomic E-state index is 0.243. The Kier molecular flexibility index (Phi) is 63.6. The number of aliphatic hydroxyl groups excluding tert-OH is 7. The molecule has 0 saturated carbocycles. The molecule has 9 unspecified atom stereocenters. The van der Waals surface area contributed by atoms with Crippen molar-refractivity contribution in [1.29, 1.82) is 0 Å². The molecule has 1 heterocycles. The van der Waals surface area contributed by atoms with Crippen LogP contribution < -0.4 is 5.32 Å². The number of hydrogen-bond acceptors (Lipinski definition) is 10. The molecule has 1 fully saturated rings. The molecule has 9 atom stereocenters. The Labute approximate surface area is 549 Å². The highest BCUT2D eigenvalue weighted by molar-refractivity contribution is 5.80. The molecule has 1 rings (SSSR count). The van der Waals surface area contributed by atoms with E-state index in [0.717, 1.165) is 44.9 Å². The number of amides is 1. The lowest BCUT2D eigenvalue weighted by atomic mass is 9.98. The van der Waals surface area contributed by atoms with Gasteiger partial charge in [-0.15, -0.1) is 0 Å². The van der Waals surface area contributed by atoms with Crippen molar-refractivity contribution >= 4 is 5.91 Å². The largest absolute Gasteiger partial charge is 0.394 e. The fourth-order valence-electron chi connectivity index (χ4n) is 12.7. The van der Waals surface area contributed by atoms with Gasteiger partial charge in [0, 0.05) is 0 Å². The normalized spacial score (nSPS) is 18.7. The maximum absolute atomic E-state index is 13.3. The maximum atomic E-state index is 13.3. The summed E-state index contributed by atoms with van der Waals surface area (Å²) in [5.41, 5.74) is 0. The maximum Gasteiger partial charge on any atom is 0.249 e. The highest BCUT2D eigenvalue weighted by Gasteiger charge is 2.44. The molecule has 89 heavy (non-hydrogen) atoms. The van der Waals surface area contributed by atoms with Crippen molar-refractivity contribution in [2.24, 2.45) is 0 Å². The van der Waals surface area contributed by atoms with E-state index in [1.807, 2.05) is 0 Å². The van der Waals surface area contributed by atoms with Gasteiger partial charge in [-0.25, -0.2) is 0 Å². The summed E-state index contributed by atoms with van der Waals surface area (Å²) >= 11 is 0. The molecule has 0 spiro atoms. The third kappa shape index (κ3) is 53.3. The van der Waals surface area contributed by atoms with E-state index in [-0.39, 0.29) is 12.8 Å². The summed E-state index contributed by atoms with van der Waals surface area (Å²) in [6.07, 6.45) is 75.6. The zero-order valence-electron chi connectivity index (χ0n) is 58.4. The Balaban J connectivity index is 2.13. The highest BCUT2D eigenvalue weighted by Crippen LogP contribution is 2.24. The van der Waals surface area contributed by atoms with Crippen molar-refractivity contribution in [2.75, 3.05) is 13.2 Å². The van der Waals surface area contributed by atoms with Crippen molar-refractivity contribution in [3.8, 4) is 0 Å². The van der Waals surface area contributed by atoms with Crippen LogP contribution in [0.1, 0.15) is 386 Å². The quantitative estimate of drug-likeness (QED) is 0.0215. The number of carbonyl (C=O) groups excluding carboxylic acids is 1. The van der Waals surface area contributed by atoms with Crippen molar-refractivity contribution in [2.45, 2.75) is 441 Å². The van der Waals surface area contributed by atoms with Gasteiger partial charge in [0.2, 0.25) is 5.91 Å². The predicted octanol–water partition coefficient (Wildman–Crippen LogP) is 19.7. The lowest BCUT2D eigenvalue weighted by Gasteiger charge is -2.40. The minimum atomic E-state index is -1.67. The zero-order valence-corrected chi connectivity index (χ0v) is 58.4. The summed E-state index contributed by atoms with van der Waals surface area (Å²) in [5.74, 6) is -0.705. The van der Waals surface area contributed by atoms with Crippen molar-refractivity contribution < 1.29 is 50.0 Å². The molecule has 0 aromatic carbocycles. The smallest absolute Gasteiger partial charge is 0.249 e. The Bertz CT molecular complexity index is 1540. The molecule has 1 aliphatic heterocycles. The van der Waals surface area contributed by atoms with Gasteiger partial charge in [-0.3, -0.25) is 4.79 Å². The van der Waals surface area contributed by atoms with Crippen LogP contribution in [0.25, 0.3) is 0 Å². The van der Waals surface area contributed by atoms with E-state index in [0.29, 0.717) is 19.3 Å². The first-order chi connectivity index (χ1) is 43.7. The Hall–Kier alpha value is -1.67. The van der Waals surface area contributed by atoms with Crippen LogP contribution in [0, 0.1) is 0 Å². The molecule has 0 aromatic rings. The number of hydrogen-bond donors (Lipinski definition) is 8. The molecule has 11 nitrogen and oxygen atoms in total. The van der Waals surface area contributed by atoms with E-state index < -0.39 is 74.2 Å². The monoisotopic (exact) mass is 1260 g/mol. The van der Waals surface area contributed by atoms with Gasteiger partial charge in [-0.1, -0.05) is 359 Å². The Morgan fingerprint density at radius 2 is 0.674 bits per heavy atom. The molecule has 0 bridgehead atoms. The first-order valence-corrected chi connectivity index (χ1v) is 38.9. The third-order valence-electron chi connectivity index (χ3n) is 18.9. The number of rotatable bonds is 69. The number of aliphatic hydroxyl groups is 7. The van der Waals surface area contributed by atoms with Crippen LogP contribution in [0.4, 0.5) is 0 Å². The topological polar surface area (TPSA) is 189 Å². The van der Waals surface area contributed by atoms with Crippen molar-refractivity contribution in [3.63, 3.8) is 0 Å². The van der Waals surface area contributed by atoms with Gasteiger partial charge >= 0.3 is 0 Å². The molecule has 0 aliphatic carbocycles. The standard InChI is InChI=1S/C78H149NO10/c1-3-5-7-9-11-13-15-17-19-21-23-25-27-29-30-31-32-33-34-35-36-37-38-39-40-41-42-44-46-48-50-52-54-56-58-60-62-64-66-71(82)77(87)79-69(68-88-78-76(86)75(85)74(84)72(67-80)89-78)73(83)70(81)65-63-61-59-57-55-53-51-49-47-45-43-28-26-24-22-20-18-16-14-12-10-8-6-4-2/h28,43,49,51,57,59,69-76,78,80-86H,3-27,29-42,44-48,50,52-56,58,60-68H2,1-2H3,(H,79,87)/b43-28+,51-49+,59-57+. The fraction of sp³-hybridized carbons (Fsp3) is 0.910. The molecular formula is C78H149NO10. The lowest BCUT2D eigenvalue weighted by molar-refractivity contribution is -0.303. The van der Waals surface area contributed by atoms with Crippen molar-refractivity contribution in [3.05, 3.63) is 36.5 Å². The predicted molar refractivity (Wildman–Crippen MR) is 376 cm³/mol. The van der Waals surface area contributed by atoms with Crippen molar-refractivity contribution in [1.82, 2.24) is 5.32 Å². The van der Waals surface area contributed by atoms with Crippen LogP contribution in [0.15, 0.2) is 36.5 Å². The summed E-state index contributed by atoms with van der Waals surface area (Å²) < 4.78 is 11.2. The van der Waals surface area contributed by atoms with E-state index in [1.54, 1.807) is 0 Å². The van der Waals surface area contributed by atoms with Crippen LogP contribution in [-0.4, -0.2) is 110 Å².